The Kier molecular flexibility index (Phi) is 5.82. The van der Waals surface area contributed by atoms with Gasteiger partial charge in [0.25, 0.3) is 0 Å². The molecule has 0 bridgehead atoms. The van der Waals surface area contributed by atoms with Crippen LogP contribution in [0, 0.1) is 0 Å². The van der Waals surface area contributed by atoms with Crippen LogP contribution in [0.3, 0.4) is 0 Å². The number of phenolic OH excluding ortho intramolecular Hbond substituents is 2. The van der Waals surface area contributed by atoms with Crippen LogP contribution in [0.5, 0.6) is 11.5 Å². The lowest BCUT2D eigenvalue weighted by Crippen LogP contribution is -2.26. The molecule has 136 valence electrons. The highest BCUT2D eigenvalue weighted by atomic mass is 16.3. The van der Waals surface area contributed by atoms with Crippen molar-refractivity contribution in [2.45, 2.75) is 71.6 Å². The summed E-state index contributed by atoms with van der Waals surface area (Å²) in [5, 5.41) is 20.4. The second kappa shape index (κ2) is 7.51. The highest BCUT2D eigenvalue weighted by molar-refractivity contribution is 5.49. The zero-order valence-electron chi connectivity index (χ0n) is 16.4. The van der Waals surface area contributed by atoms with Gasteiger partial charge in [-0.05, 0) is 59.1 Å². The molecule has 25 heavy (non-hydrogen) atoms. The Bertz CT molecular complexity index is 665. The molecule has 0 saturated carbocycles. The van der Waals surface area contributed by atoms with E-state index in [9.17, 15) is 10.2 Å². The van der Waals surface area contributed by atoms with E-state index in [1.165, 1.54) is 11.1 Å². The minimum absolute atomic E-state index is 0.116. The number of aromatic hydroxyl groups is 2. The van der Waals surface area contributed by atoms with Gasteiger partial charge in [-0.25, -0.2) is 0 Å². The second-order valence-corrected chi connectivity index (χ2v) is 7.65. The predicted octanol–water partition coefficient (Wildman–Crippen LogP) is 6.45. The van der Waals surface area contributed by atoms with Gasteiger partial charge in [0.1, 0.15) is 11.5 Å². The molecule has 0 radical (unpaired) electrons. The Morgan fingerprint density at radius 2 is 1.08 bits per heavy atom. The van der Waals surface area contributed by atoms with E-state index in [0.717, 1.165) is 24.0 Å². The molecule has 0 saturated heterocycles. The van der Waals surface area contributed by atoms with Crippen molar-refractivity contribution in [3.63, 3.8) is 0 Å². The molecule has 0 fully saturated rings. The van der Waals surface area contributed by atoms with E-state index in [2.05, 4.69) is 65.8 Å². The number of rotatable bonds is 6. The molecule has 2 heteroatoms. The monoisotopic (exact) mass is 340 g/mol. The molecular weight excluding hydrogens is 308 g/mol. The topological polar surface area (TPSA) is 40.5 Å². The minimum atomic E-state index is -0.116. The van der Waals surface area contributed by atoms with E-state index in [0.29, 0.717) is 11.5 Å². The van der Waals surface area contributed by atoms with Crippen molar-refractivity contribution in [1.82, 2.24) is 0 Å². The van der Waals surface area contributed by atoms with Gasteiger partial charge in [-0.2, -0.15) is 0 Å². The molecule has 2 N–H and O–H groups in total. The molecule has 2 aromatic rings. The van der Waals surface area contributed by atoms with E-state index in [4.69, 9.17) is 0 Å². The highest BCUT2D eigenvalue weighted by Gasteiger charge is 2.32. The lowest BCUT2D eigenvalue weighted by atomic mass is 9.69. The zero-order chi connectivity index (χ0) is 18.8. The molecule has 0 aliphatic heterocycles. The van der Waals surface area contributed by atoms with Gasteiger partial charge in [-0.1, -0.05) is 65.8 Å². The molecule has 0 aliphatic rings. The zero-order valence-corrected chi connectivity index (χ0v) is 16.4. The Hall–Kier alpha value is -1.96. The smallest absolute Gasteiger partial charge is 0.119 e. The largest absolute Gasteiger partial charge is 0.508 e. The quantitative estimate of drug-likeness (QED) is 0.634. The first-order chi connectivity index (χ1) is 11.8. The SMILES string of the molecule is CCC(CC)(c1ccc(O)c(C(C)C)c1)c1ccc(O)c(C(C)C)c1. The number of phenols is 2. The van der Waals surface area contributed by atoms with Crippen LogP contribution < -0.4 is 0 Å². The molecule has 2 rings (SSSR count). The van der Waals surface area contributed by atoms with Crippen LogP contribution in [0.15, 0.2) is 36.4 Å². The number of benzene rings is 2. The molecule has 2 aromatic carbocycles. The Morgan fingerprint density at radius 1 is 0.720 bits per heavy atom. The van der Waals surface area contributed by atoms with Gasteiger partial charge in [0, 0.05) is 5.41 Å². The van der Waals surface area contributed by atoms with E-state index >= 15 is 0 Å². The third-order valence-corrected chi connectivity index (χ3v) is 5.61. The van der Waals surface area contributed by atoms with Gasteiger partial charge >= 0.3 is 0 Å². The molecule has 0 heterocycles. The fourth-order valence-corrected chi connectivity index (χ4v) is 3.86. The summed E-state index contributed by atoms with van der Waals surface area (Å²) in [5.74, 6) is 1.29. The first-order valence-electron chi connectivity index (χ1n) is 9.43. The van der Waals surface area contributed by atoms with Crippen LogP contribution in [0.1, 0.15) is 88.5 Å². The van der Waals surface area contributed by atoms with Crippen LogP contribution in [-0.2, 0) is 5.41 Å². The molecule has 0 spiro atoms. The van der Waals surface area contributed by atoms with Gasteiger partial charge in [0.15, 0.2) is 0 Å². The van der Waals surface area contributed by atoms with Crippen molar-refractivity contribution in [2.24, 2.45) is 0 Å². The first-order valence-corrected chi connectivity index (χ1v) is 9.43. The van der Waals surface area contributed by atoms with Crippen LogP contribution in [0.4, 0.5) is 0 Å². The molecule has 0 aliphatic carbocycles. The van der Waals surface area contributed by atoms with E-state index in [-0.39, 0.29) is 17.3 Å². The van der Waals surface area contributed by atoms with Crippen molar-refractivity contribution < 1.29 is 10.2 Å². The summed E-state index contributed by atoms with van der Waals surface area (Å²) in [6.45, 7) is 12.9. The minimum Gasteiger partial charge on any atom is -0.508 e. The summed E-state index contributed by atoms with van der Waals surface area (Å²) in [6.07, 6.45) is 1.93. The summed E-state index contributed by atoms with van der Waals surface area (Å²) < 4.78 is 0. The average molecular weight is 341 g/mol. The summed E-state index contributed by atoms with van der Waals surface area (Å²) in [5.41, 5.74) is 4.34. The summed E-state index contributed by atoms with van der Waals surface area (Å²) >= 11 is 0. The van der Waals surface area contributed by atoms with Gasteiger partial charge in [-0.3, -0.25) is 0 Å². The molecular formula is C23H32O2. The third kappa shape index (κ3) is 3.53. The first kappa shape index (κ1) is 19.4. The van der Waals surface area contributed by atoms with Crippen molar-refractivity contribution in [2.75, 3.05) is 0 Å². The van der Waals surface area contributed by atoms with Gasteiger partial charge in [0.2, 0.25) is 0 Å². The predicted molar refractivity (Wildman–Crippen MR) is 106 cm³/mol. The lowest BCUT2D eigenvalue weighted by Gasteiger charge is -2.34. The molecule has 0 unspecified atom stereocenters. The Balaban J connectivity index is 2.68. The van der Waals surface area contributed by atoms with Gasteiger partial charge < -0.3 is 10.2 Å². The summed E-state index contributed by atoms with van der Waals surface area (Å²) in [4.78, 5) is 0. The van der Waals surface area contributed by atoms with Crippen LogP contribution in [-0.4, -0.2) is 10.2 Å². The average Bonchev–Trinajstić information content (AvgIpc) is 2.58. The maximum absolute atomic E-state index is 10.2. The fraction of sp³-hybridized carbons (Fsp3) is 0.478. The van der Waals surface area contributed by atoms with E-state index < -0.39 is 0 Å². The van der Waals surface area contributed by atoms with Gasteiger partial charge in [-0.15, -0.1) is 0 Å². The lowest BCUT2D eigenvalue weighted by molar-refractivity contribution is 0.451. The standard InChI is InChI=1S/C23H32O2/c1-7-23(8-2,17-9-11-21(24)19(13-17)15(3)4)18-10-12-22(25)20(14-18)16(5)6/h9-16,24-25H,7-8H2,1-6H3. The number of hydrogen-bond acceptors (Lipinski definition) is 2. The van der Waals surface area contributed by atoms with Crippen LogP contribution >= 0.6 is 0 Å². The van der Waals surface area contributed by atoms with Crippen molar-refractivity contribution in [3.05, 3.63) is 58.7 Å². The summed E-state index contributed by atoms with van der Waals surface area (Å²) in [7, 11) is 0. The number of hydrogen-bond donors (Lipinski definition) is 2. The maximum atomic E-state index is 10.2. The summed E-state index contributed by atoms with van der Waals surface area (Å²) in [6, 6.07) is 12.1. The fourth-order valence-electron chi connectivity index (χ4n) is 3.86. The molecule has 0 atom stereocenters. The second-order valence-electron chi connectivity index (χ2n) is 7.65. The molecule has 0 aromatic heterocycles. The van der Waals surface area contributed by atoms with Crippen molar-refractivity contribution >= 4 is 0 Å². The molecule has 2 nitrogen and oxygen atoms in total. The normalized spacial score (nSPS) is 12.2. The van der Waals surface area contributed by atoms with Crippen LogP contribution in [0.25, 0.3) is 0 Å². The third-order valence-electron chi connectivity index (χ3n) is 5.61. The van der Waals surface area contributed by atoms with Gasteiger partial charge in [0.05, 0.1) is 0 Å². The maximum Gasteiger partial charge on any atom is 0.119 e. The highest BCUT2D eigenvalue weighted by Crippen LogP contribution is 2.43. The molecule has 0 amide bonds. The van der Waals surface area contributed by atoms with E-state index in [1.807, 2.05) is 12.1 Å². The Labute approximate surface area is 152 Å². The Morgan fingerprint density at radius 3 is 1.36 bits per heavy atom. The van der Waals surface area contributed by atoms with Crippen LogP contribution in [0.2, 0.25) is 0 Å². The van der Waals surface area contributed by atoms with Crippen molar-refractivity contribution in [3.8, 4) is 11.5 Å². The van der Waals surface area contributed by atoms with E-state index in [1.54, 1.807) is 0 Å². The van der Waals surface area contributed by atoms with Crippen molar-refractivity contribution in [1.29, 1.82) is 0 Å².